The van der Waals surface area contributed by atoms with Crippen LogP contribution in [0.5, 0.6) is 0 Å². The van der Waals surface area contributed by atoms with Crippen molar-refractivity contribution in [3.8, 4) is 11.7 Å². The first kappa shape index (κ1) is 14.5. The number of hydrogen-bond donors (Lipinski definition) is 0. The second-order valence-corrected chi connectivity index (χ2v) is 5.46. The van der Waals surface area contributed by atoms with E-state index in [1.807, 2.05) is 12.1 Å². The highest BCUT2D eigenvalue weighted by Crippen LogP contribution is 2.19. The standard InChI is InChI=1S/C17H19N3O2/c1-13(2)20(11-14-7-4-3-5-8-14)12-16-18-19-17(22-16)15-9-6-10-21-15/h3-10,13H,11-12H2,1-2H3. The summed E-state index contributed by atoms with van der Waals surface area (Å²) in [6.45, 7) is 5.77. The Hall–Kier alpha value is -2.40. The maximum absolute atomic E-state index is 5.69. The minimum Gasteiger partial charge on any atom is -0.459 e. The molecule has 2 heterocycles. The van der Waals surface area contributed by atoms with Gasteiger partial charge in [0, 0.05) is 12.6 Å². The minimum atomic E-state index is 0.374. The molecule has 0 radical (unpaired) electrons. The quantitative estimate of drug-likeness (QED) is 0.693. The fourth-order valence-corrected chi connectivity index (χ4v) is 2.23. The van der Waals surface area contributed by atoms with Crippen molar-refractivity contribution < 1.29 is 8.83 Å². The van der Waals surface area contributed by atoms with Gasteiger partial charge >= 0.3 is 0 Å². The summed E-state index contributed by atoms with van der Waals surface area (Å²) in [5.41, 5.74) is 1.27. The van der Waals surface area contributed by atoms with E-state index in [9.17, 15) is 0 Å². The third kappa shape index (κ3) is 3.43. The van der Waals surface area contributed by atoms with Crippen LogP contribution in [-0.2, 0) is 13.1 Å². The predicted molar refractivity (Wildman–Crippen MR) is 82.8 cm³/mol. The second-order valence-electron chi connectivity index (χ2n) is 5.46. The lowest BCUT2D eigenvalue weighted by atomic mass is 10.2. The first-order valence-electron chi connectivity index (χ1n) is 7.36. The minimum absolute atomic E-state index is 0.374. The fourth-order valence-electron chi connectivity index (χ4n) is 2.23. The zero-order chi connectivity index (χ0) is 15.4. The molecule has 0 N–H and O–H groups in total. The number of nitrogens with zero attached hydrogens (tertiary/aromatic N) is 3. The van der Waals surface area contributed by atoms with Crippen molar-refractivity contribution >= 4 is 0 Å². The van der Waals surface area contributed by atoms with Gasteiger partial charge in [-0.15, -0.1) is 10.2 Å². The molecule has 3 rings (SSSR count). The van der Waals surface area contributed by atoms with Crippen molar-refractivity contribution in [2.24, 2.45) is 0 Å². The highest BCUT2D eigenvalue weighted by atomic mass is 16.4. The lowest BCUT2D eigenvalue weighted by molar-refractivity contribution is 0.184. The molecule has 0 aliphatic carbocycles. The monoisotopic (exact) mass is 297 g/mol. The van der Waals surface area contributed by atoms with Gasteiger partial charge in [-0.3, -0.25) is 4.90 Å². The maximum atomic E-state index is 5.69. The van der Waals surface area contributed by atoms with Crippen LogP contribution < -0.4 is 0 Å². The molecule has 2 aromatic heterocycles. The molecule has 22 heavy (non-hydrogen) atoms. The van der Waals surface area contributed by atoms with Gasteiger partial charge in [-0.05, 0) is 31.5 Å². The molecule has 0 atom stereocenters. The molecule has 0 fully saturated rings. The molecule has 0 unspecified atom stereocenters. The van der Waals surface area contributed by atoms with E-state index in [1.165, 1.54) is 5.56 Å². The molecule has 0 aliphatic heterocycles. The number of hydrogen-bond acceptors (Lipinski definition) is 5. The normalized spacial score (nSPS) is 11.5. The van der Waals surface area contributed by atoms with Crippen molar-refractivity contribution in [1.82, 2.24) is 15.1 Å². The largest absolute Gasteiger partial charge is 0.459 e. The Bertz CT molecular complexity index is 690. The van der Waals surface area contributed by atoms with Crippen molar-refractivity contribution in [2.75, 3.05) is 0 Å². The summed E-state index contributed by atoms with van der Waals surface area (Å²) in [6.07, 6.45) is 1.59. The van der Waals surface area contributed by atoms with Crippen LogP contribution in [0.2, 0.25) is 0 Å². The topological polar surface area (TPSA) is 55.3 Å². The van der Waals surface area contributed by atoms with E-state index < -0.39 is 0 Å². The summed E-state index contributed by atoms with van der Waals surface area (Å²) in [5.74, 6) is 1.61. The average Bonchev–Trinajstić information content (AvgIpc) is 3.18. The molecule has 0 saturated carbocycles. The smallest absolute Gasteiger partial charge is 0.283 e. The van der Waals surface area contributed by atoms with Crippen molar-refractivity contribution in [2.45, 2.75) is 33.0 Å². The Morgan fingerprint density at radius 1 is 1.00 bits per heavy atom. The molecule has 1 aromatic carbocycles. The van der Waals surface area contributed by atoms with Crippen LogP contribution in [0, 0.1) is 0 Å². The highest BCUT2D eigenvalue weighted by Gasteiger charge is 2.16. The van der Waals surface area contributed by atoms with Gasteiger partial charge < -0.3 is 8.83 Å². The number of aromatic nitrogens is 2. The van der Waals surface area contributed by atoms with E-state index in [1.54, 1.807) is 12.3 Å². The number of benzene rings is 1. The van der Waals surface area contributed by atoms with E-state index in [0.717, 1.165) is 6.54 Å². The van der Waals surface area contributed by atoms with Gasteiger partial charge in [0.2, 0.25) is 5.89 Å². The summed E-state index contributed by atoms with van der Waals surface area (Å²) < 4.78 is 11.0. The summed E-state index contributed by atoms with van der Waals surface area (Å²) in [5, 5.41) is 8.16. The second kappa shape index (κ2) is 6.58. The lowest BCUT2D eigenvalue weighted by Gasteiger charge is -2.24. The molecule has 0 bridgehead atoms. The Morgan fingerprint density at radius 2 is 1.82 bits per heavy atom. The molecular formula is C17H19N3O2. The molecule has 0 saturated heterocycles. The van der Waals surface area contributed by atoms with Crippen LogP contribution >= 0.6 is 0 Å². The Kier molecular flexibility index (Phi) is 4.34. The Morgan fingerprint density at radius 3 is 2.50 bits per heavy atom. The van der Waals surface area contributed by atoms with Crippen molar-refractivity contribution in [3.63, 3.8) is 0 Å². The van der Waals surface area contributed by atoms with Gasteiger partial charge in [-0.2, -0.15) is 0 Å². The number of rotatable bonds is 6. The maximum Gasteiger partial charge on any atom is 0.283 e. The van der Waals surface area contributed by atoms with E-state index in [4.69, 9.17) is 8.83 Å². The van der Waals surface area contributed by atoms with Crippen LogP contribution in [0.4, 0.5) is 0 Å². The van der Waals surface area contributed by atoms with Crippen LogP contribution in [0.3, 0.4) is 0 Å². The SMILES string of the molecule is CC(C)N(Cc1ccccc1)Cc1nnc(-c2ccco2)o1. The molecule has 0 amide bonds. The van der Waals surface area contributed by atoms with Crippen LogP contribution in [0.1, 0.15) is 25.3 Å². The Balaban J connectivity index is 1.71. The van der Waals surface area contributed by atoms with E-state index in [-0.39, 0.29) is 0 Å². The predicted octanol–water partition coefficient (Wildman–Crippen LogP) is 3.74. The molecular weight excluding hydrogens is 278 g/mol. The van der Waals surface area contributed by atoms with E-state index in [2.05, 4.69) is 53.2 Å². The summed E-state index contributed by atoms with van der Waals surface area (Å²) in [4.78, 5) is 2.29. The first-order chi connectivity index (χ1) is 10.7. The molecule has 3 aromatic rings. The zero-order valence-corrected chi connectivity index (χ0v) is 12.8. The Labute approximate surface area is 129 Å². The van der Waals surface area contributed by atoms with E-state index in [0.29, 0.717) is 30.1 Å². The molecule has 114 valence electrons. The average molecular weight is 297 g/mol. The molecule has 5 heteroatoms. The molecule has 0 spiro atoms. The van der Waals surface area contributed by atoms with E-state index >= 15 is 0 Å². The van der Waals surface area contributed by atoms with Gasteiger partial charge in [0.05, 0.1) is 12.8 Å². The van der Waals surface area contributed by atoms with Crippen molar-refractivity contribution in [3.05, 3.63) is 60.2 Å². The van der Waals surface area contributed by atoms with Crippen LogP contribution in [0.15, 0.2) is 57.6 Å². The number of furan rings is 1. The molecule has 5 nitrogen and oxygen atoms in total. The van der Waals surface area contributed by atoms with Gasteiger partial charge in [-0.1, -0.05) is 30.3 Å². The summed E-state index contributed by atoms with van der Waals surface area (Å²) >= 11 is 0. The van der Waals surface area contributed by atoms with Gasteiger partial charge in [-0.25, -0.2) is 0 Å². The van der Waals surface area contributed by atoms with Gasteiger partial charge in [0.1, 0.15) is 0 Å². The zero-order valence-electron chi connectivity index (χ0n) is 12.8. The fraction of sp³-hybridized carbons (Fsp3) is 0.294. The van der Waals surface area contributed by atoms with Crippen molar-refractivity contribution in [1.29, 1.82) is 0 Å². The van der Waals surface area contributed by atoms with Crippen LogP contribution in [-0.4, -0.2) is 21.1 Å². The third-order valence-electron chi connectivity index (χ3n) is 3.50. The summed E-state index contributed by atoms with van der Waals surface area (Å²) in [6, 6.07) is 14.4. The molecule has 0 aliphatic rings. The first-order valence-corrected chi connectivity index (χ1v) is 7.36. The van der Waals surface area contributed by atoms with Crippen LogP contribution in [0.25, 0.3) is 11.7 Å². The van der Waals surface area contributed by atoms with Gasteiger partial charge in [0.15, 0.2) is 5.76 Å². The third-order valence-corrected chi connectivity index (χ3v) is 3.50. The lowest BCUT2D eigenvalue weighted by Crippen LogP contribution is -2.29. The van der Waals surface area contributed by atoms with Gasteiger partial charge in [0.25, 0.3) is 5.89 Å². The summed E-state index contributed by atoms with van der Waals surface area (Å²) in [7, 11) is 0. The highest BCUT2D eigenvalue weighted by molar-refractivity contribution is 5.42.